The van der Waals surface area contributed by atoms with Crippen molar-refractivity contribution in [2.45, 2.75) is 18.9 Å². The molecule has 1 spiro atoms. The number of hydrogen-bond acceptors (Lipinski definition) is 4. The largest absolute Gasteiger partial charge is 0.457 e. The van der Waals surface area contributed by atoms with Crippen LogP contribution in [0.4, 0.5) is 0 Å². The molecule has 0 fully saturated rings. The summed E-state index contributed by atoms with van der Waals surface area (Å²) in [5.41, 5.74) is 9.66. The predicted molar refractivity (Wildman–Crippen MR) is 113 cm³/mol. The van der Waals surface area contributed by atoms with Crippen molar-refractivity contribution in [2.75, 3.05) is 7.05 Å². The van der Waals surface area contributed by atoms with Crippen LogP contribution in [0, 0.1) is 0 Å². The lowest BCUT2D eigenvalue weighted by atomic mass is 9.79. The van der Waals surface area contributed by atoms with Gasteiger partial charge in [0.05, 0.1) is 0 Å². The minimum Gasteiger partial charge on any atom is -0.457 e. The fourth-order valence-electron chi connectivity index (χ4n) is 4.16. The van der Waals surface area contributed by atoms with Gasteiger partial charge in [0.2, 0.25) is 5.54 Å². The van der Waals surface area contributed by atoms with Crippen LogP contribution in [0.15, 0.2) is 71.7 Å². The number of fused-ring (bicyclic) bond motifs is 4. The molecule has 2 heterocycles. The first-order chi connectivity index (χ1) is 14.0. The summed E-state index contributed by atoms with van der Waals surface area (Å²) in [5, 5.41) is 0. The van der Waals surface area contributed by atoms with Gasteiger partial charge < -0.3 is 10.5 Å². The van der Waals surface area contributed by atoms with E-state index in [1.165, 1.54) is 10.5 Å². The van der Waals surface area contributed by atoms with E-state index in [-0.39, 0.29) is 11.9 Å². The summed E-state index contributed by atoms with van der Waals surface area (Å²) in [6.07, 6.45) is 0.962. The van der Waals surface area contributed by atoms with Gasteiger partial charge in [-0.15, -0.1) is 0 Å². The molecule has 2 aliphatic heterocycles. The Kier molecular flexibility index (Phi) is 3.74. The van der Waals surface area contributed by atoms with E-state index in [4.69, 9.17) is 10.5 Å². The molecular weight excluding hydrogens is 362 g/mol. The third-order valence-corrected chi connectivity index (χ3v) is 5.77. The van der Waals surface area contributed by atoms with E-state index in [9.17, 15) is 4.79 Å². The Labute approximate surface area is 169 Å². The molecule has 3 aromatic rings. The number of rotatable bonds is 2. The zero-order chi connectivity index (χ0) is 20.2. The van der Waals surface area contributed by atoms with Gasteiger partial charge in [-0.2, -0.15) is 0 Å². The van der Waals surface area contributed by atoms with Crippen molar-refractivity contribution < 1.29 is 9.53 Å². The molecule has 0 aromatic heterocycles. The molecule has 0 aliphatic carbocycles. The number of hydrogen-bond donors (Lipinski definition) is 1. The number of nitrogens with two attached hydrogens (primary N) is 1. The number of aryl methyl sites for hydroxylation is 1. The molecule has 1 amide bonds. The fraction of sp³-hybridized carbons (Fsp3) is 0.167. The number of carbonyl (C=O) groups excluding carboxylic acids is 1. The topological polar surface area (TPSA) is 67.9 Å². The van der Waals surface area contributed by atoms with E-state index in [1.807, 2.05) is 42.5 Å². The van der Waals surface area contributed by atoms with Crippen molar-refractivity contribution in [3.8, 4) is 22.6 Å². The van der Waals surface area contributed by atoms with Crippen molar-refractivity contribution in [2.24, 2.45) is 10.7 Å². The third kappa shape index (κ3) is 2.40. The molecule has 0 bridgehead atoms. The zero-order valence-corrected chi connectivity index (χ0v) is 16.3. The summed E-state index contributed by atoms with van der Waals surface area (Å²) >= 11 is 0. The second-order valence-corrected chi connectivity index (χ2v) is 7.41. The molecule has 2 N–H and O–H groups in total. The van der Waals surface area contributed by atoms with Gasteiger partial charge >= 0.3 is 0 Å². The standard InChI is InChI=1S/C24H21N3O2/c1-3-15-7-6-8-16(13-15)17-11-12-21-19(14-17)24(22(28)27(2)23(25)26-24)18-9-4-5-10-20(18)29-21/h4-14H,3H2,1-2H3,(H2,25,26). The maximum atomic E-state index is 13.4. The Balaban J connectivity index is 1.77. The van der Waals surface area contributed by atoms with Crippen LogP contribution >= 0.6 is 0 Å². The number of amides is 1. The third-order valence-electron chi connectivity index (χ3n) is 5.77. The van der Waals surface area contributed by atoms with Crippen LogP contribution < -0.4 is 10.5 Å². The number of benzene rings is 3. The van der Waals surface area contributed by atoms with Gasteiger partial charge in [0.15, 0.2) is 5.96 Å². The second kappa shape index (κ2) is 6.21. The Bertz CT molecular complexity index is 1180. The molecule has 5 rings (SSSR count). The van der Waals surface area contributed by atoms with E-state index < -0.39 is 5.54 Å². The number of aliphatic imine (C=N–C) groups is 1. The lowest BCUT2D eigenvalue weighted by molar-refractivity contribution is -0.129. The van der Waals surface area contributed by atoms with E-state index in [1.54, 1.807) is 7.05 Å². The number of para-hydroxylation sites is 1. The molecule has 5 nitrogen and oxygen atoms in total. The van der Waals surface area contributed by atoms with E-state index in [0.717, 1.165) is 17.5 Å². The molecule has 29 heavy (non-hydrogen) atoms. The maximum Gasteiger partial charge on any atom is 0.266 e. The predicted octanol–water partition coefficient (Wildman–Crippen LogP) is 4.05. The highest BCUT2D eigenvalue weighted by molar-refractivity contribution is 6.10. The van der Waals surface area contributed by atoms with E-state index in [2.05, 4.69) is 36.2 Å². The molecule has 1 unspecified atom stereocenters. The highest BCUT2D eigenvalue weighted by Gasteiger charge is 2.54. The van der Waals surface area contributed by atoms with Crippen LogP contribution in [0.3, 0.4) is 0 Å². The molecule has 0 radical (unpaired) electrons. The lowest BCUT2D eigenvalue weighted by Crippen LogP contribution is -2.42. The minimum atomic E-state index is -1.22. The Morgan fingerprint density at radius 2 is 1.72 bits per heavy atom. The first-order valence-electron chi connectivity index (χ1n) is 9.69. The normalized spacial score (nSPS) is 19.6. The number of guanidine groups is 1. The summed E-state index contributed by atoms with van der Waals surface area (Å²) in [7, 11) is 1.65. The van der Waals surface area contributed by atoms with Crippen molar-refractivity contribution >= 4 is 11.9 Å². The first kappa shape index (κ1) is 17.5. The van der Waals surface area contributed by atoms with Crippen molar-refractivity contribution in [3.05, 3.63) is 83.4 Å². The van der Waals surface area contributed by atoms with Gasteiger partial charge in [0.25, 0.3) is 5.91 Å². The average molecular weight is 383 g/mol. The average Bonchev–Trinajstić information content (AvgIpc) is 2.98. The van der Waals surface area contributed by atoms with Gasteiger partial charge in [-0.25, -0.2) is 4.99 Å². The van der Waals surface area contributed by atoms with Gasteiger partial charge in [0.1, 0.15) is 11.5 Å². The Morgan fingerprint density at radius 3 is 2.48 bits per heavy atom. The number of carbonyl (C=O) groups is 1. The summed E-state index contributed by atoms with van der Waals surface area (Å²) < 4.78 is 6.14. The molecule has 1 atom stereocenters. The highest BCUT2D eigenvalue weighted by atomic mass is 16.5. The van der Waals surface area contributed by atoms with Gasteiger partial charge in [0, 0.05) is 18.2 Å². The molecule has 0 saturated heterocycles. The van der Waals surface area contributed by atoms with Gasteiger partial charge in [-0.05, 0) is 41.3 Å². The fourth-order valence-corrected chi connectivity index (χ4v) is 4.16. The Morgan fingerprint density at radius 1 is 0.966 bits per heavy atom. The summed E-state index contributed by atoms with van der Waals surface area (Å²) in [4.78, 5) is 19.5. The summed E-state index contributed by atoms with van der Waals surface area (Å²) in [5.74, 6) is 1.28. The van der Waals surface area contributed by atoms with Crippen LogP contribution in [0.1, 0.15) is 23.6 Å². The Hall–Kier alpha value is -3.60. The van der Waals surface area contributed by atoms with E-state index in [0.29, 0.717) is 22.6 Å². The summed E-state index contributed by atoms with van der Waals surface area (Å²) in [6, 6.07) is 21.9. The van der Waals surface area contributed by atoms with Crippen LogP contribution in [0.2, 0.25) is 0 Å². The second-order valence-electron chi connectivity index (χ2n) is 7.41. The van der Waals surface area contributed by atoms with Crippen molar-refractivity contribution in [3.63, 3.8) is 0 Å². The van der Waals surface area contributed by atoms with Crippen LogP contribution in [0.5, 0.6) is 11.5 Å². The first-order valence-corrected chi connectivity index (χ1v) is 9.69. The molecule has 3 aromatic carbocycles. The highest BCUT2D eigenvalue weighted by Crippen LogP contribution is 2.52. The lowest BCUT2D eigenvalue weighted by Gasteiger charge is -2.33. The van der Waals surface area contributed by atoms with Crippen LogP contribution in [-0.2, 0) is 16.8 Å². The summed E-state index contributed by atoms with van der Waals surface area (Å²) in [6.45, 7) is 2.14. The van der Waals surface area contributed by atoms with Crippen molar-refractivity contribution in [1.82, 2.24) is 4.90 Å². The monoisotopic (exact) mass is 383 g/mol. The van der Waals surface area contributed by atoms with Gasteiger partial charge in [-0.1, -0.05) is 55.5 Å². The maximum absolute atomic E-state index is 13.4. The smallest absolute Gasteiger partial charge is 0.266 e. The quantitative estimate of drug-likeness (QED) is 0.726. The molecule has 0 saturated carbocycles. The van der Waals surface area contributed by atoms with Crippen molar-refractivity contribution in [1.29, 1.82) is 0 Å². The SMILES string of the molecule is CCc1cccc(-c2ccc3c(c2)C2(N=C(N)N(C)C2=O)c2ccccc2O3)c1. The van der Waals surface area contributed by atoms with Crippen LogP contribution in [0.25, 0.3) is 11.1 Å². The molecule has 2 aliphatic rings. The van der Waals surface area contributed by atoms with Crippen LogP contribution in [-0.4, -0.2) is 23.8 Å². The minimum absolute atomic E-state index is 0.175. The molecule has 144 valence electrons. The number of likely N-dealkylation sites (N-methyl/N-ethyl adjacent to an activating group) is 1. The number of nitrogens with zero attached hydrogens (tertiary/aromatic N) is 2. The zero-order valence-electron chi connectivity index (χ0n) is 16.3. The number of ether oxygens (including phenoxy) is 1. The van der Waals surface area contributed by atoms with Gasteiger partial charge in [-0.3, -0.25) is 9.69 Å². The molecular formula is C24H21N3O2. The molecule has 5 heteroatoms. The van der Waals surface area contributed by atoms with E-state index >= 15 is 0 Å².